The van der Waals surface area contributed by atoms with E-state index < -0.39 is 12.3 Å². The number of hydrogen-bond donors (Lipinski definition) is 1. The predicted octanol–water partition coefficient (Wildman–Crippen LogP) is 2.05. The van der Waals surface area contributed by atoms with Gasteiger partial charge < -0.3 is 10.5 Å². The number of pyridine rings is 1. The molecule has 0 amide bonds. The zero-order valence-electron chi connectivity index (χ0n) is 8.28. The standard InChI is InChI=1S/C9H9F3N2OS/c1-5(9(10,11)12)15-7-3-2-6(4-14-7)8(13)16/h2-5H,1H3,(H2,13,16). The molecule has 0 aliphatic heterocycles. The van der Waals surface area contributed by atoms with E-state index in [-0.39, 0.29) is 10.9 Å². The Balaban J connectivity index is 2.73. The average molecular weight is 250 g/mol. The van der Waals surface area contributed by atoms with E-state index in [1.54, 1.807) is 0 Å². The number of alkyl halides is 3. The van der Waals surface area contributed by atoms with Crippen LogP contribution in [0.4, 0.5) is 13.2 Å². The second-order valence-electron chi connectivity index (χ2n) is 3.05. The Bertz CT molecular complexity index is 377. The topological polar surface area (TPSA) is 48.1 Å². The quantitative estimate of drug-likeness (QED) is 0.834. The lowest BCUT2D eigenvalue weighted by Gasteiger charge is -2.16. The lowest BCUT2D eigenvalue weighted by atomic mass is 10.3. The fourth-order valence-electron chi connectivity index (χ4n) is 0.844. The summed E-state index contributed by atoms with van der Waals surface area (Å²) in [5.74, 6) is -0.121. The summed E-state index contributed by atoms with van der Waals surface area (Å²) in [7, 11) is 0. The highest BCUT2D eigenvalue weighted by atomic mass is 32.1. The maximum Gasteiger partial charge on any atom is 0.425 e. The van der Waals surface area contributed by atoms with E-state index in [4.69, 9.17) is 5.73 Å². The molecule has 16 heavy (non-hydrogen) atoms. The van der Waals surface area contributed by atoms with Gasteiger partial charge in [0.25, 0.3) is 0 Å². The van der Waals surface area contributed by atoms with Gasteiger partial charge in [0.05, 0.1) is 0 Å². The van der Waals surface area contributed by atoms with Gasteiger partial charge in [-0.05, 0) is 13.0 Å². The number of hydrogen-bond acceptors (Lipinski definition) is 3. The van der Waals surface area contributed by atoms with Crippen molar-refractivity contribution in [1.29, 1.82) is 0 Å². The Kier molecular flexibility index (Phi) is 3.69. The minimum atomic E-state index is -4.41. The summed E-state index contributed by atoms with van der Waals surface area (Å²) in [6, 6.07) is 2.74. The molecule has 1 rings (SSSR count). The van der Waals surface area contributed by atoms with Crippen LogP contribution in [0.2, 0.25) is 0 Å². The number of aromatic nitrogens is 1. The van der Waals surface area contributed by atoms with Crippen LogP contribution in [0.5, 0.6) is 5.88 Å². The first-order chi connectivity index (χ1) is 7.30. The SMILES string of the molecule is CC(Oc1ccc(C(N)=S)cn1)C(F)(F)F. The maximum atomic E-state index is 12.1. The van der Waals surface area contributed by atoms with Gasteiger partial charge in [0.15, 0.2) is 6.10 Å². The Morgan fingerprint density at radius 2 is 2.12 bits per heavy atom. The largest absolute Gasteiger partial charge is 0.465 e. The molecule has 7 heteroatoms. The van der Waals surface area contributed by atoms with Crippen LogP contribution in [0.3, 0.4) is 0 Å². The second kappa shape index (κ2) is 4.65. The monoisotopic (exact) mass is 250 g/mol. The molecule has 0 saturated heterocycles. The molecule has 3 nitrogen and oxygen atoms in total. The molecule has 0 fully saturated rings. The van der Waals surface area contributed by atoms with Gasteiger partial charge in [-0.3, -0.25) is 0 Å². The van der Waals surface area contributed by atoms with Gasteiger partial charge in [-0.2, -0.15) is 13.2 Å². The van der Waals surface area contributed by atoms with Gasteiger partial charge in [-0.15, -0.1) is 0 Å². The molecule has 1 unspecified atom stereocenters. The molecule has 0 aromatic carbocycles. The fourth-order valence-corrected chi connectivity index (χ4v) is 0.964. The molecule has 0 spiro atoms. The summed E-state index contributed by atoms with van der Waals surface area (Å²) >= 11 is 4.67. The van der Waals surface area contributed by atoms with E-state index in [9.17, 15) is 13.2 Å². The first-order valence-corrected chi connectivity index (χ1v) is 4.71. The molecule has 2 N–H and O–H groups in total. The van der Waals surface area contributed by atoms with E-state index in [1.807, 2.05) is 0 Å². The molecule has 1 heterocycles. The molecule has 0 saturated carbocycles. The van der Waals surface area contributed by atoms with Crippen molar-refractivity contribution >= 4 is 17.2 Å². The van der Waals surface area contributed by atoms with E-state index >= 15 is 0 Å². The predicted molar refractivity (Wildman–Crippen MR) is 56.3 cm³/mol. The van der Waals surface area contributed by atoms with Crippen molar-refractivity contribution in [3.05, 3.63) is 23.9 Å². The number of nitrogens with zero attached hydrogens (tertiary/aromatic N) is 1. The van der Waals surface area contributed by atoms with Crippen LogP contribution in [-0.2, 0) is 0 Å². The van der Waals surface area contributed by atoms with Crippen molar-refractivity contribution in [2.24, 2.45) is 5.73 Å². The summed E-state index contributed by atoms with van der Waals surface area (Å²) in [4.78, 5) is 3.79. The zero-order valence-corrected chi connectivity index (χ0v) is 9.10. The summed E-state index contributed by atoms with van der Waals surface area (Å²) in [6.45, 7) is 0.906. The molecule has 88 valence electrons. The van der Waals surface area contributed by atoms with Gasteiger partial charge in [0.2, 0.25) is 5.88 Å². The molecule has 1 aromatic rings. The number of rotatable bonds is 3. The zero-order chi connectivity index (χ0) is 12.3. The Morgan fingerprint density at radius 1 is 1.50 bits per heavy atom. The van der Waals surface area contributed by atoms with Crippen LogP contribution in [-0.4, -0.2) is 22.3 Å². The Morgan fingerprint density at radius 3 is 2.50 bits per heavy atom. The van der Waals surface area contributed by atoms with E-state index in [0.29, 0.717) is 5.56 Å². The van der Waals surface area contributed by atoms with Crippen molar-refractivity contribution in [1.82, 2.24) is 4.98 Å². The summed E-state index contributed by atoms with van der Waals surface area (Å²) in [6.07, 6.45) is -5.06. The average Bonchev–Trinajstić information content (AvgIpc) is 2.17. The third kappa shape index (κ3) is 3.34. The first-order valence-electron chi connectivity index (χ1n) is 4.30. The highest BCUT2D eigenvalue weighted by Crippen LogP contribution is 2.23. The normalized spacial score (nSPS) is 13.2. The highest BCUT2D eigenvalue weighted by molar-refractivity contribution is 7.80. The summed E-state index contributed by atoms with van der Waals surface area (Å²) < 4.78 is 41.0. The summed E-state index contributed by atoms with van der Waals surface area (Å²) in [5.41, 5.74) is 5.78. The highest BCUT2D eigenvalue weighted by Gasteiger charge is 2.38. The molecule has 1 aromatic heterocycles. The summed E-state index contributed by atoms with van der Waals surface area (Å²) in [5, 5.41) is 0. The molecule has 0 aliphatic rings. The van der Waals surface area contributed by atoms with Crippen LogP contribution < -0.4 is 10.5 Å². The third-order valence-corrected chi connectivity index (χ3v) is 2.02. The van der Waals surface area contributed by atoms with E-state index in [0.717, 1.165) is 6.92 Å². The van der Waals surface area contributed by atoms with Gasteiger partial charge in [0, 0.05) is 17.8 Å². The van der Waals surface area contributed by atoms with Crippen molar-refractivity contribution < 1.29 is 17.9 Å². The van der Waals surface area contributed by atoms with Gasteiger partial charge in [-0.25, -0.2) is 4.98 Å². The van der Waals surface area contributed by atoms with Crippen LogP contribution in [0.15, 0.2) is 18.3 Å². The molecule has 1 atom stereocenters. The molecular weight excluding hydrogens is 241 g/mol. The number of halogens is 3. The number of nitrogens with two attached hydrogens (primary N) is 1. The molecule has 0 radical (unpaired) electrons. The van der Waals surface area contributed by atoms with Gasteiger partial charge in [-0.1, -0.05) is 12.2 Å². The second-order valence-corrected chi connectivity index (χ2v) is 3.49. The van der Waals surface area contributed by atoms with Crippen molar-refractivity contribution in [3.8, 4) is 5.88 Å². The molecule has 0 bridgehead atoms. The van der Waals surface area contributed by atoms with Crippen molar-refractivity contribution in [2.45, 2.75) is 19.2 Å². The van der Waals surface area contributed by atoms with Crippen LogP contribution in [0, 0.1) is 0 Å². The van der Waals surface area contributed by atoms with Gasteiger partial charge >= 0.3 is 6.18 Å². The molecule has 0 aliphatic carbocycles. The maximum absolute atomic E-state index is 12.1. The fraction of sp³-hybridized carbons (Fsp3) is 0.333. The lowest BCUT2D eigenvalue weighted by molar-refractivity contribution is -0.189. The smallest absolute Gasteiger partial charge is 0.425 e. The minimum Gasteiger partial charge on any atom is -0.465 e. The number of thiocarbonyl (C=S) groups is 1. The van der Waals surface area contributed by atoms with Crippen LogP contribution >= 0.6 is 12.2 Å². The lowest BCUT2D eigenvalue weighted by Crippen LogP contribution is -2.31. The Labute approximate surface area is 95.4 Å². The van der Waals surface area contributed by atoms with E-state index in [2.05, 4.69) is 21.9 Å². The van der Waals surface area contributed by atoms with Crippen LogP contribution in [0.25, 0.3) is 0 Å². The Hall–Kier alpha value is -1.37. The van der Waals surface area contributed by atoms with Crippen molar-refractivity contribution in [2.75, 3.05) is 0 Å². The van der Waals surface area contributed by atoms with Gasteiger partial charge in [0.1, 0.15) is 4.99 Å². The van der Waals surface area contributed by atoms with E-state index in [1.165, 1.54) is 18.3 Å². The van der Waals surface area contributed by atoms with Crippen molar-refractivity contribution in [3.63, 3.8) is 0 Å². The third-order valence-electron chi connectivity index (χ3n) is 1.78. The number of ether oxygens (including phenoxy) is 1. The minimum absolute atomic E-state index is 0.121. The first kappa shape index (κ1) is 12.7. The molecular formula is C9H9F3N2OS. The van der Waals surface area contributed by atoms with Crippen LogP contribution in [0.1, 0.15) is 12.5 Å².